The fraction of sp³-hybridized carbons (Fsp3) is 0.231. The Morgan fingerprint density at radius 3 is 2.68 bits per heavy atom. The summed E-state index contributed by atoms with van der Waals surface area (Å²) in [4.78, 5) is 22.7. The lowest BCUT2D eigenvalue weighted by molar-refractivity contribution is -0.140. The molecule has 0 radical (unpaired) electrons. The molecule has 6 heteroatoms. The van der Waals surface area contributed by atoms with Gasteiger partial charge in [-0.25, -0.2) is 0 Å². The molecule has 0 spiro atoms. The van der Waals surface area contributed by atoms with E-state index in [0.717, 1.165) is 0 Å². The number of carboxylic acid groups (broad SMARTS) is 1. The van der Waals surface area contributed by atoms with Crippen LogP contribution in [0.5, 0.6) is 5.75 Å². The van der Waals surface area contributed by atoms with Crippen LogP contribution < -0.4 is 5.32 Å². The van der Waals surface area contributed by atoms with Crippen LogP contribution in [0.1, 0.15) is 16.8 Å². The summed E-state index contributed by atoms with van der Waals surface area (Å²) in [5, 5.41) is 21.4. The van der Waals surface area contributed by atoms with Gasteiger partial charge in [-0.3, -0.25) is 9.59 Å². The van der Waals surface area contributed by atoms with Crippen LogP contribution in [0.25, 0.3) is 0 Å². The van der Waals surface area contributed by atoms with E-state index in [-0.39, 0.29) is 17.4 Å². The maximum atomic E-state index is 11.9. The number of carbonyl (C=O) groups excluding carboxylic acids is 1. The molecule has 0 fully saturated rings. The summed E-state index contributed by atoms with van der Waals surface area (Å²) in [6, 6.07) is 3.82. The van der Waals surface area contributed by atoms with E-state index in [1.54, 1.807) is 12.2 Å². The number of halogens is 1. The summed E-state index contributed by atoms with van der Waals surface area (Å²) in [5.41, 5.74) is 0.0691. The van der Waals surface area contributed by atoms with Crippen molar-refractivity contribution in [3.05, 3.63) is 40.9 Å². The summed E-state index contributed by atoms with van der Waals surface area (Å²) >= 11 is 5.76. The van der Waals surface area contributed by atoms with Gasteiger partial charge in [-0.2, -0.15) is 0 Å². The first-order valence-electron chi connectivity index (χ1n) is 5.68. The highest BCUT2D eigenvalue weighted by atomic mass is 35.5. The largest absolute Gasteiger partial charge is 0.507 e. The van der Waals surface area contributed by atoms with Gasteiger partial charge in [0, 0.05) is 11.1 Å². The van der Waals surface area contributed by atoms with Gasteiger partial charge in [0.05, 0.1) is 11.5 Å². The number of carbonyl (C=O) groups is 2. The smallest absolute Gasteiger partial charge is 0.310 e. The van der Waals surface area contributed by atoms with Crippen LogP contribution >= 0.6 is 11.6 Å². The SMILES string of the molecule is O=C(NC1C=CC(C(=O)O)C1)c1cc(Cl)ccc1O. The molecular weight excluding hydrogens is 270 g/mol. The highest BCUT2D eigenvalue weighted by molar-refractivity contribution is 6.31. The van der Waals surface area contributed by atoms with E-state index in [4.69, 9.17) is 16.7 Å². The van der Waals surface area contributed by atoms with E-state index < -0.39 is 17.8 Å². The summed E-state index contributed by atoms with van der Waals surface area (Å²) in [7, 11) is 0. The predicted molar refractivity (Wildman–Crippen MR) is 69.3 cm³/mol. The molecule has 1 aromatic carbocycles. The van der Waals surface area contributed by atoms with Crippen LogP contribution in [-0.2, 0) is 4.79 Å². The minimum Gasteiger partial charge on any atom is -0.507 e. The van der Waals surface area contributed by atoms with Crippen molar-refractivity contribution >= 4 is 23.5 Å². The van der Waals surface area contributed by atoms with E-state index in [1.807, 2.05) is 0 Å². The fourth-order valence-corrected chi connectivity index (χ4v) is 2.10. The number of benzene rings is 1. The highest BCUT2D eigenvalue weighted by Crippen LogP contribution is 2.23. The number of carboxylic acids is 1. The van der Waals surface area contributed by atoms with Crippen molar-refractivity contribution in [2.24, 2.45) is 5.92 Å². The third kappa shape index (κ3) is 3.06. The van der Waals surface area contributed by atoms with E-state index in [1.165, 1.54) is 18.2 Å². The Labute approximate surface area is 114 Å². The number of aliphatic carboxylic acids is 1. The summed E-state index contributed by atoms with van der Waals surface area (Å²) in [6.45, 7) is 0. The normalized spacial score (nSPS) is 21.3. The van der Waals surface area contributed by atoms with Gasteiger partial charge in [0.1, 0.15) is 5.75 Å². The second kappa shape index (κ2) is 5.32. The zero-order valence-electron chi connectivity index (χ0n) is 9.84. The molecule has 5 nitrogen and oxygen atoms in total. The van der Waals surface area contributed by atoms with Crippen molar-refractivity contribution in [3.63, 3.8) is 0 Å². The number of phenols is 1. The maximum absolute atomic E-state index is 11.9. The Bertz CT molecular complexity index is 556. The average molecular weight is 282 g/mol. The van der Waals surface area contributed by atoms with Crippen LogP contribution in [-0.4, -0.2) is 28.1 Å². The molecule has 2 unspecified atom stereocenters. The molecular formula is C13H12ClNO4. The first kappa shape index (κ1) is 13.4. The van der Waals surface area contributed by atoms with Crippen LogP contribution in [0.2, 0.25) is 5.02 Å². The maximum Gasteiger partial charge on any atom is 0.310 e. The standard InChI is InChI=1S/C13H12ClNO4/c14-8-2-4-11(16)10(6-8)12(17)15-9-3-1-7(5-9)13(18)19/h1-4,6-7,9,16H,5H2,(H,15,17)(H,18,19). The van der Waals surface area contributed by atoms with Gasteiger partial charge < -0.3 is 15.5 Å². The average Bonchev–Trinajstić information content (AvgIpc) is 2.80. The van der Waals surface area contributed by atoms with Crippen LogP contribution in [0.15, 0.2) is 30.4 Å². The molecule has 100 valence electrons. The number of hydrogen-bond donors (Lipinski definition) is 3. The van der Waals surface area contributed by atoms with Gasteiger partial charge in [0.25, 0.3) is 5.91 Å². The molecule has 0 bridgehead atoms. The van der Waals surface area contributed by atoms with Gasteiger partial charge in [0.2, 0.25) is 0 Å². The minimum absolute atomic E-state index is 0.0691. The third-order valence-corrected chi connectivity index (χ3v) is 3.16. The number of rotatable bonds is 3. The molecule has 0 saturated heterocycles. The van der Waals surface area contributed by atoms with Crippen molar-refractivity contribution in [2.75, 3.05) is 0 Å². The zero-order chi connectivity index (χ0) is 14.0. The second-order valence-corrected chi connectivity index (χ2v) is 4.74. The molecule has 2 rings (SSSR count). The van der Waals surface area contributed by atoms with Crippen molar-refractivity contribution in [2.45, 2.75) is 12.5 Å². The molecule has 0 saturated carbocycles. The molecule has 0 aromatic heterocycles. The van der Waals surface area contributed by atoms with Gasteiger partial charge in [-0.1, -0.05) is 23.8 Å². The van der Waals surface area contributed by atoms with Crippen LogP contribution in [0, 0.1) is 5.92 Å². The Hall–Kier alpha value is -2.01. The number of hydrogen-bond acceptors (Lipinski definition) is 3. The predicted octanol–water partition coefficient (Wildman–Crippen LogP) is 1.80. The van der Waals surface area contributed by atoms with Crippen molar-refractivity contribution in [1.82, 2.24) is 5.32 Å². The van der Waals surface area contributed by atoms with Crippen LogP contribution in [0.3, 0.4) is 0 Å². The summed E-state index contributed by atoms with van der Waals surface area (Å²) in [5.74, 6) is -2.16. The minimum atomic E-state index is -0.918. The topological polar surface area (TPSA) is 86.6 Å². The number of amides is 1. The van der Waals surface area contributed by atoms with Crippen molar-refractivity contribution < 1.29 is 19.8 Å². The third-order valence-electron chi connectivity index (χ3n) is 2.92. The number of phenolic OH excluding ortho intramolecular Hbond substituents is 1. The van der Waals surface area contributed by atoms with Crippen molar-refractivity contribution in [1.29, 1.82) is 0 Å². The molecule has 0 heterocycles. The van der Waals surface area contributed by atoms with E-state index >= 15 is 0 Å². The summed E-state index contributed by atoms with van der Waals surface area (Å²) < 4.78 is 0. The molecule has 2 atom stereocenters. The lowest BCUT2D eigenvalue weighted by Crippen LogP contribution is -2.33. The molecule has 19 heavy (non-hydrogen) atoms. The van der Waals surface area contributed by atoms with Crippen LogP contribution in [0.4, 0.5) is 0 Å². The number of aromatic hydroxyl groups is 1. The van der Waals surface area contributed by atoms with E-state index in [2.05, 4.69) is 5.32 Å². The first-order chi connectivity index (χ1) is 8.97. The fourth-order valence-electron chi connectivity index (χ4n) is 1.93. The molecule has 1 aliphatic carbocycles. The van der Waals surface area contributed by atoms with Gasteiger partial charge in [-0.05, 0) is 24.6 Å². The Morgan fingerprint density at radius 2 is 2.05 bits per heavy atom. The quantitative estimate of drug-likeness (QED) is 0.738. The Kier molecular flexibility index (Phi) is 3.76. The van der Waals surface area contributed by atoms with E-state index in [9.17, 15) is 14.7 Å². The molecule has 1 amide bonds. The lowest BCUT2D eigenvalue weighted by atomic mass is 10.1. The molecule has 1 aliphatic rings. The van der Waals surface area contributed by atoms with Crippen molar-refractivity contribution in [3.8, 4) is 5.75 Å². The number of nitrogens with one attached hydrogen (secondary N) is 1. The Morgan fingerprint density at radius 1 is 1.32 bits per heavy atom. The molecule has 3 N–H and O–H groups in total. The molecule has 0 aliphatic heterocycles. The molecule has 1 aromatic rings. The van der Waals surface area contributed by atoms with Gasteiger partial charge in [-0.15, -0.1) is 0 Å². The van der Waals surface area contributed by atoms with E-state index in [0.29, 0.717) is 11.4 Å². The van der Waals surface area contributed by atoms with Gasteiger partial charge >= 0.3 is 5.97 Å². The first-order valence-corrected chi connectivity index (χ1v) is 6.05. The highest BCUT2D eigenvalue weighted by Gasteiger charge is 2.26. The van der Waals surface area contributed by atoms with Gasteiger partial charge in [0.15, 0.2) is 0 Å². The lowest BCUT2D eigenvalue weighted by Gasteiger charge is -2.13. The Balaban J connectivity index is 2.05. The monoisotopic (exact) mass is 281 g/mol. The second-order valence-electron chi connectivity index (χ2n) is 4.31. The summed E-state index contributed by atoms with van der Waals surface area (Å²) in [6.07, 6.45) is 3.49. The zero-order valence-corrected chi connectivity index (χ0v) is 10.6.